The van der Waals surface area contributed by atoms with Crippen LogP contribution < -0.4 is 0 Å². The van der Waals surface area contributed by atoms with Crippen molar-refractivity contribution in [2.75, 3.05) is 7.05 Å². The van der Waals surface area contributed by atoms with Crippen molar-refractivity contribution in [1.82, 2.24) is 9.88 Å². The van der Waals surface area contributed by atoms with Crippen molar-refractivity contribution in [2.45, 2.75) is 43.7 Å². The van der Waals surface area contributed by atoms with E-state index in [9.17, 15) is 0 Å². The maximum absolute atomic E-state index is 4.24. The van der Waals surface area contributed by atoms with Gasteiger partial charge < -0.3 is 4.90 Å². The summed E-state index contributed by atoms with van der Waals surface area (Å²) < 4.78 is 0. The van der Waals surface area contributed by atoms with Crippen LogP contribution in [0.3, 0.4) is 0 Å². The van der Waals surface area contributed by atoms with E-state index in [-0.39, 0.29) is 24.8 Å². The lowest BCUT2D eigenvalue weighted by molar-refractivity contribution is 0.161. The maximum atomic E-state index is 4.24. The van der Waals surface area contributed by atoms with Gasteiger partial charge in [0.2, 0.25) is 0 Å². The largest absolute Gasteiger partial charge is 0.300 e. The second-order valence-electron chi connectivity index (χ2n) is 5.01. The van der Waals surface area contributed by atoms with E-state index in [2.05, 4.69) is 35.3 Å². The molecule has 0 spiro atoms. The van der Waals surface area contributed by atoms with Gasteiger partial charge in [-0.3, -0.25) is 4.98 Å². The molecule has 2 nitrogen and oxygen atoms in total. The molecule has 17 heavy (non-hydrogen) atoms. The van der Waals surface area contributed by atoms with Gasteiger partial charge in [-0.15, -0.1) is 24.8 Å². The summed E-state index contributed by atoms with van der Waals surface area (Å²) >= 11 is 0. The van der Waals surface area contributed by atoms with E-state index in [1.807, 2.05) is 6.20 Å². The third-order valence-corrected chi connectivity index (χ3v) is 4.25. The molecular weight excluding hydrogens is 255 g/mol. The maximum Gasteiger partial charge on any atom is 0.0302 e. The van der Waals surface area contributed by atoms with Gasteiger partial charge in [-0.1, -0.05) is 6.07 Å². The van der Waals surface area contributed by atoms with E-state index in [1.54, 1.807) is 0 Å². The van der Waals surface area contributed by atoms with Crippen molar-refractivity contribution in [3.05, 3.63) is 30.1 Å². The average molecular weight is 275 g/mol. The van der Waals surface area contributed by atoms with Gasteiger partial charge >= 0.3 is 0 Å². The minimum Gasteiger partial charge on any atom is -0.300 e. The molecular formula is C13H20Cl2N2. The van der Waals surface area contributed by atoms with Crippen LogP contribution in [-0.4, -0.2) is 29.0 Å². The first-order chi connectivity index (χ1) is 7.34. The van der Waals surface area contributed by atoms with Crippen LogP contribution in [0.4, 0.5) is 0 Å². The Hall–Kier alpha value is -0.310. The van der Waals surface area contributed by atoms with Gasteiger partial charge in [0, 0.05) is 24.5 Å². The highest BCUT2D eigenvalue weighted by atomic mass is 35.5. The molecule has 2 aliphatic heterocycles. The van der Waals surface area contributed by atoms with Gasteiger partial charge in [0.1, 0.15) is 0 Å². The zero-order valence-electron chi connectivity index (χ0n) is 10.1. The van der Waals surface area contributed by atoms with Gasteiger partial charge in [0.05, 0.1) is 0 Å². The van der Waals surface area contributed by atoms with Crippen molar-refractivity contribution in [3.8, 4) is 0 Å². The minimum absolute atomic E-state index is 0. The number of pyridine rings is 1. The molecule has 2 saturated heterocycles. The van der Waals surface area contributed by atoms with Crippen LogP contribution in [0.25, 0.3) is 0 Å². The summed E-state index contributed by atoms with van der Waals surface area (Å²) in [4.78, 5) is 6.83. The molecule has 3 heterocycles. The monoisotopic (exact) mass is 274 g/mol. The SMILES string of the molecule is CN1[C@@H]2CC[C@H]1CC(c1cccnc1)C2.Cl.Cl. The van der Waals surface area contributed by atoms with E-state index < -0.39 is 0 Å². The fourth-order valence-electron chi connectivity index (χ4n) is 3.30. The predicted octanol–water partition coefficient (Wildman–Crippen LogP) is 3.27. The summed E-state index contributed by atoms with van der Waals surface area (Å²) in [5.41, 5.74) is 1.45. The first kappa shape index (κ1) is 14.7. The zero-order valence-corrected chi connectivity index (χ0v) is 11.7. The lowest BCUT2D eigenvalue weighted by atomic mass is 9.86. The van der Waals surface area contributed by atoms with Crippen LogP contribution in [-0.2, 0) is 0 Å². The van der Waals surface area contributed by atoms with Gasteiger partial charge in [-0.05, 0) is 50.3 Å². The van der Waals surface area contributed by atoms with Gasteiger partial charge in [0.15, 0.2) is 0 Å². The van der Waals surface area contributed by atoms with E-state index >= 15 is 0 Å². The average Bonchev–Trinajstić information content (AvgIpc) is 2.54. The first-order valence-electron chi connectivity index (χ1n) is 5.96. The van der Waals surface area contributed by atoms with E-state index in [0.717, 1.165) is 18.0 Å². The Kier molecular flexibility index (Phi) is 5.23. The summed E-state index contributed by atoms with van der Waals surface area (Å²) in [6, 6.07) is 5.96. The van der Waals surface area contributed by atoms with Crippen LogP contribution in [0, 0.1) is 0 Å². The Morgan fingerprint density at radius 1 is 1.18 bits per heavy atom. The number of rotatable bonds is 1. The molecule has 3 atom stereocenters. The highest BCUT2D eigenvalue weighted by molar-refractivity contribution is 5.85. The first-order valence-corrected chi connectivity index (χ1v) is 5.96. The highest BCUT2D eigenvalue weighted by Gasteiger charge is 2.38. The normalized spacial score (nSPS) is 31.5. The number of hydrogen-bond acceptors (Lipinski definition) is 2. The lowest BCUT2D eigenvalue weighted by Gasteiger charge is -2.36. The molecule has 0 N–H and O–H groups in total. The van der Waals surface area contributed by atoms with Gasteiger partial charge in [-0.25, -0.2) is 0 Å². The second-order valence-corrected chi connectivity index (χ2v) is 5.01. The van der Waals surface area contributed by atoms with Crippen LogP contribution in [0.15, 0.2) is 24.5 Å². The van der Waals surface area contributed by atoms with Crippen molar-refractivity contribution < 1.29 is 0 Å². The molecule has 0 amide bonds. The van der Waals surface area contributed by atoms with Gasteiger partial charge in [-0.2, -0.15) is 0 Å². The van der Waals surface area contributed by atoms with Crippen molar-refractivity contribution in [3.63, 3.8) is 0 Å². The molecule has 3 rings (SSSR count). The summed E-state index contributed by atoms with van der Waals surface area (Å²) in [6.45, 7) is 0. The van der Waals surface area contributed by atoms with Crippen molar-refractivity contribution >= 4 is 24.8 Å². The zero-order chi connectivity index (χ0) is 10.3. The van der Waals surface area contributed by atoms with Crippen LogP contribution >= 0.6 is 24.8 Å². The molecule has 96 valence electrons. The Morgan fingerprint density at radius 2 is 1.82 bits per heavy atom. The second kappa shape index (κ2) is 6.03. The summed E-state index contributed by atoms with van der Waals surface area (Å²) in [7, 11) is 2.29. The fourth-order valence-corrected chi connectivity index (χ4v) is 3.30. The molecule has 1 aromatic heterocycles. The molecule has 0 aromatic carbocycles. The number of nitrogens with zero attached hydrogens (tertiary/aromatic N) is 2. The smallest absolute Gasteiger partial charge is 0.0302 e. The number of aromatic nitrogens is 1. The summed E-state index contributed by atoms with van der Waals surface area (Å²) in [5.74, 6) is 0.757. The molecule has 1 unspecified atom stereocenters. The highest BCUT2D eigenvalue weighted by Crippen LogP contribution is 2.41. The summed E-state index contributed by atoms with van der Waals surface area (Å²) in [5, 5.41) is 0. The number of hydrogen-bond donors (Lipinski definition) is 0. The number of halogens is 2. The molecule has 0 aliphatic carbocycles. The fraction of sp³-hybridized carbons (Fsp3) is 0.615. The van der Waals surface area contributed by atoms with Crippen LogP contribution in [0.1, 0.15) is 37.2 Å². The Balaban J connectivity index is 0.000000722. The molecule has 2 aliphatic rings. The van der Waals surface area contributed by atoms with E-state index in [1.165, 1.54) is 31.2 Å². The number of piperidine rings is 1. The Morgan fingerprint density at radius 3 is 2.35 bits per heavy atom. The minimum atomic E-state index is 0. The molecule has 4 heteroatoms. The molecule has 1 aromatic rings. The van der Waals surface area contributed by atoms with Crippen LogP contribution in [0.2, 0.25) is 0 Å². The number of fused-ring (bicyclic) bond motifs is 2. The Bertz CT molecular complexity index is 331. The molecule has 2 fully saturated rings. The topological polar surface area (TPSA) is 16.1 Å². The molecule has 0 saturated carbocycles. The van der Waals surface area contributed by atoms with Crippen molar-refractivity contribution in [1.29, 1.82) is 0 Å². The van der Waals surface area contributed by atoms with Gasteiger partial charge in [0.25, 0.3) is 0 Å². The quantitative estimate of drug-likeness (QED) is 0.782. The summed E-state index contributed by atoms with van der Waals surface area (Å²) in [6.07, 6.45) is 9.38. The molecule has 0 radical (unpaired) electrons. The molecule has 2 bridgehead atoms. The standard InChI is InChI=1S/C13H18N2.2ClH/c1-15-12-4-5-13(15)8-11(7-12)10-3-2-6-14-9-10;;/h2-3,6,9,11-13H,4-5,7-8H2,1H3;2*1H/t11?,12-,13+;;. The Labute approximate surface area is 116 Å². The van der Waals surface area contributed by atoms with E-state index in [0.29, 0.717) is 0 Å². The lowest BCUT2D eigenvalue weighted by Crippen LogP contribution is -2.39. The third kappa shape index (κ3) is 2.75. The van der Waals surface area contributed by atoms with E-state index in [4.69, 9.17) is 0 Å². The third-order valence-electron chi connectivity index (χ3n) is 4.25. The predicted molar refractivity (Wildman–Crippen MR) is 75.3 cm³/mol. The van der Waals surface area contributed by atoms with Crippen LogP contribution in [0.5, 0.6) is 0 Å². The van der Waals surface area contributed by atoms with Crippen molar-refractivity contribution in [2.24, 2.45) is 0 Å².